The highest BCUT2D eigenvalue weighted by molar-refractivity contribution is 6.28. The minimum atomic E-state index is -5.02. The first-order chi connectivity index (χ1) is 38.0. The zero-order valence-corrected chi connectivity index (χ0v) is 43.8. The molecule has 4 aromatic carbocycles. The van der Waals surface area contributed by atoms with E-state index in [4.69, 9.17) is 36.3 Å². The monoisotopic (exact) mass is 1180 g/mol. The molecule has 0 spiro atoms. The molecular formula is C53H49ClF12N12O4. The number of nitrogen functional groups attached to an aromatic ring is 1. The zero-order valence-electron chi connectivity index (χ0n) is 43.1. The molecule has 82 heavy (non-hydrogen) atoms. The van der Waals surface area contributed by atoms with Crippen molar-refractivity contribution in [1.82, 2.24) is 39.0 Å². The first kappa shape index (κ1) is 60.9. The van der Waals surface area contributed by atoms with Crippen LogP contribution in [0.5, 0.6) is 23.0 Å². The molecule has 2 aliphatic rings. The van der Waals surface area contributed by atoms with Crippen molar-refractivity contribution in [2.24, 2.45) is 0 Å². The Kier molecular flexibility index (Phi) is 17.7. The summed E-state index contributed by atoms with van der Waals surface area (Å²) in [5.74, 6) is 2.14. The molecule has 4 aromatic heterocycles. The van der Waals surface area contributed by atoms with Crippen LogP contribution in [0.4, 0.5) is 81.6 Å². The molecule has 0 saturated heterocycles. The molecule has 29 heteroatoms. The number of halogens is 13. The number of nitrogens with zero attached hydrogens (tertiary/aromatic N) is 10. The number of rotatable bonds is 8. The van der Waals surface area contributed by atoms with Crippen LogP contribution in [0.3, 0.4) is 0 Å². The minimum Gasteiger partial charge on any atom is -0.494 e. The number of methoxy groups -OCH3 is 2. The van der Waals surface area contributed by atoms with Gasteiger partial charge in [0, 0.05) is 50.0 Å². The fourth-order valence-corrected chi connectivity index (χ4v) is 8.70. The fourth-order valence-electron chi connectivity index (χ4n) is 8.57. The van der Waals surface area contributed by atoms with Gasteiger partial charge in [-0.1, -0.05) is 19.6 Å². The van der Waals surface area contributed by atoms with Gasteiger partial charge in [0.05, 0.1) is 96.4 Å². The Hall–Kier alpha value is -8.69. The number of imidazole rings is 2. The summed E-state index contributed by atoms with van der Waals surface area (Å²) in [7, 11) is 6.09. The van der Waals surface area contributed by atoms with Crippen LogP contribution in [0.25, 0.3) is 11.4 Å². The number of likely N-dealkylation sites (N-methyl/N-ethyl adjacent to an activating group) is 2. The first-order valence-electron chi connectivity index (χ1n) is 23.6. The van der Waals surface area contributed by atoms with Gasteiger partial charge in [-0.15, -0.1) is 0 Å². The third kappa shape index (κ3) is 13.5. The lowest BCUT2D eigenvalue weighted by molar-refractivity contribution is -0.145. The second kappa shape index (κ2) is 23.8. The average molecular weight is 1180 g/mol. The Morgan fingerprint density at radius 1 is 0.585 bits per heavy atom. The maximum absolute atomic E-state index is 13.8. The number of anilines is 5. The summed E-state index contributed by atoms with van der Waals surface area (Å²) in [6.45, 7) is 3.34. The van der Waals surface area contributed by atoms with E-state index in [2.05, 4.69) is 35.2 Å². The molecular weight excluding hydrogens is 1130 g/mol. The molecule has 2 aliphatic heterocycles. The van der Waals surface area contributed by atoms with Gasteiger partial charge >= 0.3 is 24.7 Å². The second-order valence-electron chi connectivity index (χ2n) is 18.0. The second-order valence-corrected chi connectivity index (χ2v) is 18.3. The summed E-state index contributed by atoms with van der Waals surface area (Å²) >= 11 is 5.70. The Bertz CT molecular complexity index is 3550. The molecule has 16 nitrogen and oxygen atoms in total. The molecule has 6 heterocycles. The van der Waals surface area contributed by atoms with Crippen molar-refractivity contribution < 1.29 is 71.6 Å². The summed E-state index contributed by atoms with van der Waals surface area (Å²) in [5.41, 5.74) is 4.16. The van der Waals surface area contributed by atoms with Gasteiger partial charge < -0.3 is 48.9 Å². The molecule has 0 saturated carbocycles. The third-order valence-corrected chi connectivity index (χ3v) is 12.7. The predicted octanol–water partition coefficient (Wildman–Crippen LogP) is 13.5. The van der Waals surface area contributed by atoms with Gasteiger partial charge in [-0.25, -0.2) is 19.9 Å². The van der Waals surface area contributed by atoms with Crippen LogP contribution in [0.1, 0.15) is 64.3 Å². The highest BCUT2D eigenvalue weighted by Gasteiger charge is 2.43. The molecule has 0 fully saturated rings. The van der Waals surface area contributed by atoms with Crippen molar-refractivity contribution >= 4 is 40.6 Å². The summed E-state index contributed by atoms with van der Waals surface area (Å²) in [5, 5.41) is 2.90. The molecule has 3 N–H and O–H groups in total. The van der Waals surface area contributed by atoms with E-state index in [1.165, 1.54) is 43.4 Å². The standard InChI is InChI=1S/C26H22F6N6O2.C15H10ClF6N3O.C11H13N3O.CH4/c1-14-11-38(13-34-14)19-7-5-16(9-21(19)39-3)35-24-33-10-22-23(36-24)37(2)20(12-40-22)17-6-4-15(25(27,28)29)8-18(17)26(30,31)32;1-25-10(6-26-11-5-23-13(16)24-12(11)25)8-3-2-7(14(17,18)19)4-9(8)15(20,21)22;1-8-6-14(7-13-8)10-4-3-9(12)5-11(10)15-2;/h4-11,13,20H,12H2,1-3H3,(H,33,35,36);2-5,10H,6H2,1H3;3-7H,12H2,1-2H3;1H4. The van der Waals surface area contributed by atoms with Gasteiger partial charge in [-0.3, -0.25) is 0 Å². The molecule has 2 unspecified atom stereocenters. The van der Waals surface area contributed by atoms with Gasteiger partial charge in [0.15, 0.2) is 23.1 Å². The summed E-state index contributed by atoms with van der Waals surface area (Å²) in [4.78, 5) is 27.4. The van der Waals surface area contributed by atoms with Crippen molar-refractivity contribution in [2.75, 3.05) is 62.4 Å². The Morgan fingerprint density at radius 3 is 1.48 bits per heavy atom. The number of aryl methyl sites for hydroxylation is 2. The number of nitrogens with two attached hydrogens (primary N) is 1. The van der Waals surface area contributed by atoms with E-state index < -0.39 is 59.0 Å². The van der Waals surface area contributed by atoms with Crippen molar-refractivity contribution in [3.63, 3.8) is 0 Å². The van der Waals surface area contributed by atoms with Gasteiger partial charge in [0.2, 0.25) is 11.2 Å². The number of fused-ring (bicyclic) bond motifs is 2. The minimum absolute atomic E-state index is 0. The van der Waals surface area contributed by atoms with E-state index in [9.17, 15) is 52.7 Å². The Labute approximate surface area is 465 Å². The molecule has 0 aliphatic carbocycles. The lowest BCUT2D eigenvalue weighted by Gasteiger charge is -2.36. The number of hydrogen-bond acceptors (Lipinski definition) is 14. The van der Waals surface area contributed by atoms with E-state index in [0.717, 1.165) is 40.6 Å². The summed E-state index contributed by atoms with van der Waals surface area (Å²) < 4.78 is 185. The lowest BCUT2D eigenvalue weighted by Crippen LogP contribution is -2.35. The van der Waals surface area contributed by atoms with Crippen molar-refractivity contribution in [3.8, 4) is 34.4 Å². The van der Waals surface area contributed by atoms with E-state index in [0.29, 0.717) is 29.3 Å². The van der Waals surface area contributed by atoms with E-state index in [1.54, 1.807) is 48.6 Å². The summed E-state index contributed by atoms with van der Waals surface area (Å²) in [6, 6.07) is 11.9. The quantitative estimate of drug-likeness (QED) is 0.0837. The van der Waals surface area contributed by atoms with Gasteiger partial charge in [-0.05, 0) is 85.1 Å². The van der Waals surface area contributed by atoms with Gasteiger partial charge in [0.1, 0.15) is 24.7 Å². The number of nitrogens with one attached hydrogen (secondary N) is 1. The maximum atomic E-state index is 13.8. The van der Waals surface area contributed by atoms with Crippen molar-refractivity contribution in [3.05, 3.63) is 160 Å². The molecule has 0 radical (unpaired) electrons. The van der Waals surface area contributed by atoms with Crippen LogP contribution in [0.2, 0.25) is 5.28 Å². The van der Waals surface area contributed by atoms with Crippen molar-refractivity contribution in [1.29, 1.82) is 0 Å². The van der Waals surface area contributed by atoms with Crippen LogP contribution in [0, 0.1) is 13.8 Å². The zero-order chi connectivity index (χ0) is 58.9. The van der Waals surface area contributed by atoms with Crippen LogP contribution < -0.4 is 39.8 Å². The Morgan fingerprint density at radius 2 is 1.04 bits per heavy atom. The van der Waals surface area contributed by atoms with Crippen LogP contribution in [-0.2, 0) is 24.7 Å². The lowest BCUT2D eigenvalue weighted by atomic mass is 9.96. The largest absolute Gasteiger partial charge is 0.494 e. The molecule has 10 rings (SSSR count). The maximum Gasteiger partial charge on any atom is 0.416 e. The number of hydrogen-bond donors (Lipinski definition) is 2. The number of alkyl halides is 12. The Balaban J connectivity index is 0.000000197. The SMILES string of the molecule is C.CN1c2nc(Cl)ncc2OCC1c1ccc(C(F)(F)F)cc1C(F)(F)F.COc1cc(N)ccc1-n1cnc(C)c1.COc1cc(Nc2ncc3c(n2)N(C)C(c2ccc(C(F)(F)F)cc2C(F)(F)F)CO3)ccc1-n1cnc(C)c1. The number of aromatic nitrogens is 8. The molecule has 8 aromatic rings. The van der Waals surface area contributed by atoms with Crippen LogP contribution in [-0.4, -0.2) is 80.6 Å². The first-order valence-corrected chi connectivity index (χ1v) is 24.0. The molecule has 0 bridgehead atoms. The topological polar surface area (TPSA) is 169 Å². The average Bonchev–Trinajstić information content (AvgIpc) is 4.20. The van der Waals surface area contributed by atoms with Crippen LogP contribution in [0.15, 0.2) is 110 Å². The molecule has 0 amide bonds. The van der Waals surface area contributed by atoms with Gasteiger partial charge in [0.25, 0.3) is 0 Å². The highest BCUT2D eigenvalue weighted by Crippen LogP contribution is 2.46. The number of benzene rings is 4. The highest BCUT2D eigenvalue weighted by atomic mass is 35.5. The van der Waals surface area contributed by atoms with Crippen molar-refractivity contribution in [2.45, 2.75) is 58.1 Å². The van der Waals surface area contributed by atoms with E-state index >= 15 is 0 Å². The normalized spacial score (nSPS) is 15.0. The third-order valence-electron chi connectivity index (χ3n) is 12.5. The van der Waals surface area contributed by atoms with E-state index in [-0.39, 0.29) is 78.3 Å². The van der Waals surface area contributed by atoms with Crippen LogP contribution >= 0.6 is 11.6 Å². The molecule has 436 valence electrons. The van der Waals surface area contributed by atoms with Gasteiger partial charge in [-0.2, -0.15) is 62.7 Å². The smallest absolute Gasteiger partial charge is 0.416 e. The predicted molar refractivity (Wildman–Crippen MR) is 279 cm³/mol. The summed E-state index contributed by atoms with van der Waals surface area (Å²) in [6.07, 6.45) is -9.98. The van der Waals surface area contributed by atoms with E-state index in [1.807, 2.05) is 42.9 Å². The molecule has 2 atom stereocenters. The fraction of sp³-hybridized carbons (Fsp3) is 0.283. The number of ether oxygens (including phenoxy) is 4.